The van der Waals surface area contributed by atoms with E-state index in [1.165, 1.54) is 5.56 Å². The van der Waals surface area contributed by atoms with Crippen LogP contribution in [0.2, 0.25) is 0 Å². The molecule has 0 bridgehead atoms. The molecular weight excluding hydrogens is 278 g/mol. The monoisotopic (exact) mass is 299 g/mol. The molecule has 0 atom stereocenters. The van der Waals surface area contributed by atoms with Crippen LogP contribution in [0.4, 0.5) is 0 Å². The van der Waals surface area contributed by atoms with Crippen LogP contribution < -0.4 is 4.72 Å². The minimum Gasteiger partial charge on any atom is -0.464 e. The number of ether oxygens (including phenoxy) is 1. The van der Waals surface area contributed by atoms with Gasteiger partial charge in [0.1, 0.15) is 6.61 Å². The van der Waals surface area contributed by atoms with E-state index in [0.717, 1.165) is 17.4 Å². The van der Waals surface area contributed by atoms with Crippen LogP contribution in [-0.4, -0.2) is 33.8 Å². The predicted octanol–water partition coefficient (Wildman–Crippen LogP) is 1.33. The Hall–Kier alpha value is -1.40. The molecule has 0 aromatic heterocycles. The normalized spacial score (nSPS) is 11.3. The second kappa shape index (κ2) is 7.40. The molecular formula is C14H21NO4S. The number of carbonyl (C=O) groups excluding carboxylic acids is 1. The van der Waals surface area contributed by atoms with Crippen LogP contribution in [0.3, 0.4) is 0 Å². The highest BCUT2D eigenvalue weighted by atomic mass is 32.2. The predicted molar refractivity (Wildman–Crippen MR) is 78.0 cm³/mol. The third-order valence-electron chi connectivity index (χ3n) is 2.83. The Morgan fingerprint density at radius 1 is 1.30 bits per heavy atom. The van der Waals surface area contributed by atoms with E-state index in [4.69, 9.17) is 4.74 Å². The molecule has 20 heavy (non-hydrogen) atoms. The molecule has 1 aromatic rings. The third kappa shape index (κ3) is 6.68. The molecule has 0 saturated carbocycles. The van der Waals surface area contributed by atoms with Crippen molar-refractivity contribution in [3.63, 3.8) is 0 Å². The van der Waals surface area contributed by atoms with E-state index < -0.39 is 10.0 Å². The molecule has 0 fully saturated rings. The first-order valence-corrected chi connectivity index (χ1v) is 8.33. The standard InChI is InChI=1S/C14H21NO4S/c1-11-4-5-13(12(2)10-11)6-7-14(16)19-9-8-15-20(3,17)18/h4-5,10,15H,6-9H2,1-3H3. The Morgan fingerprint density at radius 3 is 2.60 bits per heavy atom. The van der Waals surface area contributed by atoms with Crippen molar-refractivity contribution >= 4 is 16.0 Å². The van der Waals surface area contributed by atoms with Crippen molar-refractivity contribution in [3.8, 4) is 0 Å². The molecule has 112 valence electrons. The first-order valence-electron chi connectivity index (χ1n) is 6.44. The van der Waals surface area contributed by atoms with Gasteiger partial charge in [0.2, 0.25) is 10.0 Å². The lowest BCUT2D eigenvalue weighted by atomic mass is 10.0. The SMILES string of the molecule is Cc1ccc(CCC(=O)OCCNS(C)(=O)=O)c(C)c1. The van der Waals surface area contributed by atoms with Gasteiger partial charge in [-0.25, -0.2) is 13.1 Å². The summed E-state index contributed by atoms with van der Waals surface area (Å²) < 4.78 is 28.8. The van der Waals surface area contributed by atoms with Crippen molar-refractivity contribution in [1.82, 2.24) is 4.72 Å². The molecule has 0 aliphatic carbocycles. The topological polar surface area (TPSA) is 72.5 Å². The summed E-state index contributed by atoms with van der Waals surface area (Å²) in [5.74, 6) is -0.319. The van der Waals surface area contributed by atoms with Crippen molar-refractivity contribution in [2.75, 3.05) is 19.4 Å². The zero-order valence-electron chi connectivity index (χ0n) is 12.1. The molecule has 0 aliphatic rings. The molecule has 0 spiro atoms. The summed E-state index contributed by atoms with van der Waals surface area (Å²) in [6.45, 7) is 4.20. The summed E-state index contributed by atoms with van der Waals surface area (Å²) in [6.07, 6.45) is 1.99. The van der Waals surface area contributed by atoms with Crippen LogP contribution in [0.25, 0.3) is 0 Å². The van der Waals surface area contributed by atoms with Crippen LogP contribution in [0.1, 0.15) is 23.1 Å². The van der Waals surface area contributed by atoms with Gasteiger partial charge in [-0.3, -0.25) is 4.79 Å². The molecule has 1 rings (SSSR count). The largest absolute Gasteiger partial charge is 0.464 e. The second-order valence-electron chi connectivity index (χ2n) is 4.82. The van der Waals surface area contributed by atoms with Gasteiger partial charge in [0.25, 0.3) is 0 Å². The van der Waals surface area contributed by atoms with Crippen molar-refractivity contribution in [2.45, 2.75) is 26.7 Å². The molecule has 1 N–H and O–H groups in total. The number of aryl methyl sites for hydroxylation is 3. The molecule has 6 heteroatoms. The van der Waals surface area contributed by atoms with Gasteiger partial charge < -0.3 is 4.74 Å². The van der Waals surface area contributed by atoms with E-state index in [1.54, 1.807) is 0 Å². The molecule has 0 saturated heterocycles. The zero-order valence-corrected chi connectivity index (χ0v) is 12.9. The van der Waals surface area contributed by atoms with Crippen LogP contribution in [0, 0.1) is 13.8 Å². The van der Waals surface area contributed by atoms with Gasteiger partial charge in [-0.1, -0.05) is 23.8 Å². The lowest BCUT2D eigenvalue weighted by molar-refractivity contribution is -0.143. The Bertz CT molecular complexity index is 567. The van der Waals surface area contributed by atoms with E-state index >= 15 is 0 Å². The maximum Gasteiger partial charge on any atom is 0.306 e. The quantitative estimate of drug-likeness (QED) is 0.609. The van der Waals surface area contributed by atoms with Crippen LogP contribution in [-0.2, 0) is 26.0 Å². The maximum atomic E-state index is 11.5. The van der Waals surface area contributed by atoms with Crippen LogP contribution in [0.5, 0.6) is 0 Å². The van der Waals surface area contributed by atoms with E-state index in [9.17, 15) is 13.2 Å². The van der Waals surface area contributed by atoms with Gasteiger partial charge >= 0.3 is 5.97 Å². The second-order valence-corrected chi connectivity index (χ2v) is 6.65. The smallest absolute Gasteiger partial charge is 0.306 e. The molecule has 0 radical (unpaired) electrons. The highest BCUT2D eigenvalue weighted by Crippen LogP contribution is 2.12. The number of hydrogen-bond donors (Lipinski definition) is 1. The summed E-state index contributed by atoms with van der Waals surface area (Å²) in [4.78, 5) is 11.5. The van der Waals surface area contributed by atoms with Gasteiger partial charge in [0.05, 0.1) is 6.26 Å². The Balaban J connectivity index is 2.29. The lowest BCUT2D eigenvalue weighted by Gasteiger charge is -2.08. The van der Waals surface area contributed by atoms with Crippen molar-refractivity contribution in [2.24, 2.45) is 0 Å². The van der Waals surface area contributed by atoms with E-state index in [2.05, 4.69) is 10.8 Å². The van der Waals surface area contributed by atoms with Gasteiger partial charge in [-0.2, -0.15) is 0 Å². The molecule has 0 heterocycles. The molecule has 0 aliphatic heterocycles. The first-order chi connectivity index (χ1) is 9.28. The number of esters is 1. The highest BCUT2D eigenvalue weighted by Gasteiger charge is 2.06. The van der Waals surface area contributed by atoms with E-state index in [1.807, 2.05) is 26.0 Å². The van der Waals surface area contributed by atoms with Crippen LogP contribution in [0.15, 0.2) is 18.2 Å². The van der Waals surface area contributed by atoms with Crippen molar-refractivity contribution < 1.29 is 17.9 Å². The Kier molecular flexibility index (Phi) is 6.16. The fourth-order valence-corrected chi connectivity index (χ4v) is 2.28. The summed E-state index contributed by atoms with van der Waals surface area (Å²) in [6, 6.07) is 6.11. The summed E-state index contributed by atoms with van der Waals surface area (Å²) >= 11 is 0. The number of nitrogens with one attached hydrogen (secondary N) is 1. The van der Waals surface area contributed by atoms with Gasteiger partial charge in [0.15, 0.2) is 0 Å². The molecule has 0 amide bonds. The summed E-state index contributed by atoms with van der Waals surface area (Å²) in [7, 11) is -3.23. The zero-order chi connectivity index (χ0) is 15.2. The molecule has 5 nitrogen and oxygen atoms in total. The molecule has 0 unspecified atom stereocenters. The summed E-state index contributed by atoms with van der Waals surface area (Å²) in [5, 5.41) is 0. The summed E-state index contributed by atoms with van der Waals surface area (Å²) in [5.41, 5.74) is 3.49. The maximum absolute atomic E-state index is 11.5. The lowest BCUT2D eigenvalue weighted by Crippen LogP contribution is -2.27. The van der Waals surface area contributed by atoms with E-state index in [-0.39, 0.29) is 19.1 Å². The minimum absolute atomic E-state index is 0.0543. The minimum atomic E-state index is -3.23. The highest BCUT2D eigenvalue weighted by molar-refractivity contribution is 7.88. The van der Waals surface area contributed by atoms with Crippen molar-refractivity contribution in [3.05, 3.63) is 34.9 Å². The number of carbonyl (C=O) groups is 1. The van der Waals surface area contributed by atoms with Crippen molar-refractivity contribution in [1.29, 1.82) is 0 Å². The van der Waals surface area contributed by atoms with Gasteiger partial charge in [0, 0.05) is 13.0 Å². The van der Waals surface area contributed by atoms with E-state index in [0.29, 0.717) is 12.8 Å². The van der Waals surface area contributed by atoms with Crippen LogP contribution >= 0.6 is 0 Å². The molecule has 1 aromatic carbocycles. The fourth-order valence-electron chi connectivity index (χ4n) is 1.83. The Morgan fingerprint density at radius 2 is 2.00 bits per heavy atom. The number of sulfonamides is 1. The average molecular weight is 299 g/mol. The fraction of sp³-hybridized carbons (Fsp3) is 0.500. The average Bonchev–Trinajstić information content (AvgIpc) is 2.32. The Labute approximate surface area is 120 Å². The third-order valence-corrected chi connectivity index (χ3v) is 3.55. The first kappa shape index (κ1) is 16.7. The number of hydrogen-bond acceptors (Lipinski definition) is 4. The van der Waals surface area contributed by atoms with Gasteiger partial charge in [-0.05, 0) is 31.4 Å². The number of rotatable bonds is 7. The number of benzene rings is 1. The van der Waals surface area contributed by atoms with Gasteiger partial charge in [-0.15, -0.1) is 0 Å².